The van der Waals surface area contributed by atoms with Gasteiger partial charge in [-0.25, -0.2) is 9.67 Å². The highest BCUT2D eigenvalue weighted by atomic mass is 16.5. The van der Waals surface area contributed by atoms with E-state index >= 15 is 0 Å². The largest absolute Gasteiger partial charge is 0.332 e. The van der Waals surface area contributed by atoms with Gasteiger partial charge in [-0.2, -0.15) is 4.98 Å². The van der Waals surface area contributed by atoms with Crippen LogP contribution in [0.3, 0.4) is 0 Å². The zero-order chi connectivity index (χ0) is 20.2. The van der Waals surface area contributed by atoms with Crippen molar-refractivity contribution in [2.45, 2.75) is 20.3 Å². The maximum atomic E-state index is 5.43. The Balaban J connectivity index is 1.64. The Labute approximate surface area is 171 Å². The van der Waals surface area contributed by atoms with Crippen LogP contribution in [0, 0.1) is 13.8 Å². The van der Waals surface area contributed by atoms with E-state index in [1.54, 1.807) is 13.3 Å². The number of hydrogen-bond donors (Lipinski definition) is 0. The molecule has 6 rings (SSSR count). The zero-order valence-corrected chi connectivity index (χ0v) is 16.4. The summed E-state index contributed by atoms with van der Waals surface area (Å²) >= 11 is 0. The molecule has 4 heterocycles. The minimum atomic E-state index is 0.414. The van der Waals surface area contributed by atoms with E-state index in [0.717, 1.165) is 39.6 Å². The SMILES string of the molecule is Cc1ccc2c(c1)-n1nnc(-c3ccccc3)c1Cc1c(-c3nc(C)no3)ncn1-2. The first-order valence-electron chi connectivity index (χ1n) is 9.67. The second-order valence-electron chi connectivity index (χ2n) is 7.39. The van der Waals surface area contributed by atoms with Gasteiger partial charge < -0.3 is 4.52 Å². The van der Waals surface area contributed by atoms with Crippen molar-refractivity contribution in [1.82, 2.24) is 34.7 Å². The Kier molecular flexibility index (Phi) is 3.49. The fourth-order valence-electron chi connectivity index (χ4n) is 3.96. The number of aromatic nitrogens is 7. The first-order valence-corrected chi connectivity index (χ1v) is 9.67. The van der Waals surface area contributed by atoms with Crippen molar-refractivity contribution in [2.75, 3.05) is 0 Å². The van der Waals surface area contributed by atoms with Gasteiger partial charge >= 0.3 is 0 Å². The van der Waals surface area contributed by atoms with Gasteiger partial charge in [0.1, 0.15) is 12.0 Å². The summed E-state index contributed by atoms with van der Waals surface area (Å²) in [6.07, 6.45) is 2.38. The molecule has 0 amide bonds. The second kappa shape index (κ2) is 6.21. The van der Waals surface area contributed by atoms with Crippen LogP contribution in [-0.2, 0) is 6.42 Å². The van der Waals surface area contributed by atoms with Gasteiger partial charge in [0.2, 0.25) is 0 Å². The van der Waals surface area contributed by atoms with Crippen LogP contribution in [-0.4, -0.2) is 34.7 Å². The van der Waals surface area contributed by atoms with Crippen LogP contribution in [0.4, 0.5) is 0 Å². The van der Waals surface area contributed by atoms with E-state index in [1.165, 1.54) is 0 Å². The lowest BCUT2D eigenvalue weighted by Crippen LogP contribution is -2.03. The van der Waals surface area contributed by atoms with Gasteiger partial charge in [-0.3, -0.25) is 4.57 Å². The molecule has 3 aromatic heterocycles. The normalized spacial score (nSPS) is 12.2. The number of nitrogens with zero attached hydrogens (tertiary/aromatic N) is 7. The molecule has 0 bridgehead atoms. The number of aryl methyl sites for hydroxylation is 2. The molecule has 0 radical (unpaired) electrons. The average molecular weight is 395 g/mol. The molecular weight excluding hydrogens is 378 g/mol. The molecule has 0 fully saturated rings. The van der Waals surface area contributed by atoms with Gasteiger partial charge in [0, 0.05) is 12.0 Å². The zero-order valence-electron chi connectivity index (χ0n) is 16.4. The summed E-state index contributed by atoms with van der Waals surface area (Å²) < 4.78 is 9.44. The third-order valence-electron chi connectivity index (χ3n) is 5.36. The molecule has 0 saturated carbocycles. The number of benzene rings is 2. The predicted octanol–water partition coefficient (Wildman–Crippen LogP) is 3.69. The van der Waals surface area contributed by atoms with Crippen molar-refractivity contribution >= 4 is 0 Å². The Morgan fingerprint density at radius 3 is 2.60 bits per heavy atom. The lowest BCUT2D eigenvalue weighted by Gasteiger charge is -2.10. The van der Waals surface area contributed by atoms with Crippen LogP contribution >= 0.6 is 0 Å². The molecule has 5 aromatic rings. The van der Waals surface area contributed by atoms with E-state index in [2.05, 4.69) is 55.1 Å². The standard InChI is InChI=1S/C22H17N7O/c1-13-8-9-16-17(10-13)29-19(20(25-27-29)15-6-4-3-5-7-15)11-18-21(23-12-28(16)18)22-24-14(2)26-30-22/h3-10,12H,11H2,1-2H3. The van der Waals surface area contributed by atoms with E-state index in [0.29, 0.717) is 23.8 Å². The van der Waals surface area contributed by atoms with Gasteiger partial charge in [-0.05, 0) is 31.5 Å². The number of hydrogen-bond acceptors (Lipinski definition) is 6. The summed E-state index contributed by atoms with van der Waals surface area (Å²) in [6, 6.07) is 16.4. The fourth-order valence-corrected chi connectivity index (χ4v) is 3.96. The Bertz CT molecular complexity index is 1390. The molecule has 30 heavy (non-hydrogen) atoms. The quantitative estimate of drug-likeness (QED) is 0.444. The minimum absolute atomic E-state index is 0.414. The topological polar surface area (TPSA) is 87.4 Å². The highest BCUT2D eigenvalue weighted by Crippen LogP contribution is 2.35. The van der Waals surface area contributed by atoms with Crippen LogP contribution in [0.15, 0.2) is 59.4 Å². The number of fused-ring (bicyclic) bond motifs is 5. The highest BCUT2D eigenvalue weighted by Gasteiger charge is 2.28. The molecular formula is C22H17N7O. The summed E-state index contributed by atoms with van der Waals surface area (Å²) in [5.41, 5.74) is 7.59. The molecule has 2 aromatic carbocycles. The van der Waals surface area contributed by atoms with Gasteiger partial charge in [0.15, 0.2) is 11.5 Å². The molecule has 0 spiro atoms. The predicted molar refractivity (Wildman–Crippen MR) is 109 cm³/mol. The first kappa shape index (κ1) is 16.8. The summed E-state index contributed by atoms with van der Waals surface area (Å²) in [4.78, 5) is 9.02. The van der Waals surface area contributed by atoms with E-state index in [1.807, 2.05) is 35.0 Å². The summed E-state index contributed by atoms with van der Waals surface area (Å²) in [6.45, 7) is 3.87. The molecule has 1 aliphatic heterocycles. The van der Waals surface area contributed by atoms with Crippen LogP contribution in [0.2, 0.25) is 0 Å². The van der Waals surface area contributed by atoms with Gasteiger partial charge in [-0.1, -0.05) is 46.8 Å². The second-order valence-corrected chi connectivity index (χ2v) is 7.39. The molecule has 1 aliphatic rings. The maximum absolute atomic E-state index is 5.43. The van der Waals surface area contributed by atoms with Crippen LogP contribution in [0.5, 0.6) is 0 Å². The molecule has 8 heteroatoms. The third kappa shape index (κ3) is 2.43. The van der Waals surface area contributed by atoms with E-state index in [-0.39, 0.29) is 0 Å². The smallest absolute Gasteiger partial charge is 0.278 e. The Morgan fingerprint density at radius 2 is 1.80 bits per heavy atom. The molecule has 0 N–H and O–H groups in total. The van der Waals surface area contributed by atoms with Crippen molar-refractivity contribution in [3.8, 4) is 34.2 Å². The molecule has 0 atom stereocenters. The molecule has 0 saturated heterocycles. The number of imidazole rings is 1. The maximum Gasteiger partial charge on any atom is 0.278 e. The molecule has 146 valence electrons. The third-order valence-corrected chi connectivity index (χ3v) is 5.36. The van der Waals surface area contributed by atoms with Gasteiger partial charge in [-0.15, -0.1) is 5.10 Å². The lowest BCUT2D eigenvalue weighted by atomic mass is 10.1. The van der Waals surface area contributed by atoms with E-state index < -0.39 is 0 Å². The van der Waals surface area contributed by atoms with Crippen molar-refractivity contribution in [3.63, 3.8) is 0 Å². The van der Waals surface area contributed by atoms with E-state index in [9.17, 15) is 0 Å². The Hall–Kier alpha value is -4.07. The molecule has 8 nitrogen and oxygen atoms in total. The minimum Gasteiger partial charge on any atom is -0.332 e. The van der Waals surface area contributed by atoms with Gasteiger partial charge in [0.05, 0.1) is 22.8 Å². The van der Waals surface area contributed by atoms with Crippen molar-refractivity contribution in [2.24, 2.45) is 0 Å². The highest BCUT2D eigenvalue weighted by molar-refractivity contribution is 5.68. The average Bonchev–Trinajstić information content (AvgIpc) is 3.46. The molecule has 0 aliphatic carbocycles. The van der Waals surface area contributed by atoms with Crippen molar-refractivity contribution in [3.05, 3.63) is 77.6 Å². The first-order chi connectivity index (χ1) is 14.7. The van der Waals surface area contributed by atoms with Crippen LogP contribution in [0.25, 0.3) is 34.2 Å². The molecule has 0 unspecified atom stereocenters. The summed E-state index contributed by atoms with van der Waals surface area (Å²) in [7, 11) is 0. The van der Waals surface area contributed by atoms with E-state index in [4.69, 9.17) is 4.52 Å². The summed E-state index contributed by atoms with van der Waals surface area (Å²) in [5, 5.41) is 13.0. The van der Waals surface area contributed by atoms with Gasteiger partial charge in [0.25, 0.3) is 5.89 Å². The van der Waals surface area contributed by atoms with Crippen LogP contribution in [0.1, 0.15) is 22.8 Å². The monoisotopic (exact) mass is 395 g/mol. The lowest BCUT2D eigenvalue weighted by molar-refractivity contribution is 0.424. The summed E-state index contributed by atoms with van der Waals surface area (Å²) in [5.74, 6) is 0.991. The van der Waals surface area contributed by atoms with Crippen molar-refractivity contribution < 1.29 is 4.52 Å². The number of rotatable bonds is 2. The van der Waals surface area contributed by atoms with Crippen LogP contribution < -0.4 is 0 Å². The van der Waals surface area contributed by atoms with Crippen molar-refractivity contribution in [1.29, 1.82) is 0 Å². The Morgan fingerprint density at radius 1 is 0.933 bits per heavy atom. The fraction of sp³-hybridized carbons (Fsp3) is 0.136.